The van der Waals surface area contributed by atoms with Crippen molar-refractivity contribution in [2.45, 2.75) is 47.0 Å². The van der Waals surface area contributed by atoms with Gasteiger partial charge in [-0.3, -0.25) is 0 Å². The molecule has 0 N–H and O–H groups in total. The van der Waals surface area contributed by atoms with Crippen molar-refractivity contribution in [2.75, 3.05) is 0 Å². The third-order valence-electron chi connectivity index (χ3n) is 2.90. The van der Waals surface area contributed by atoms with Gasteiger partial charge in [-0.2, -0.15) is 0 Å². The average Bonchev–Trinajstić information content (AvgIpc) is 2.02. The Balaban J connectivity index is 3.01. The van der Waals surface area contributed by atoms with E-state index in [4.69, 9.17) is 0 Å². The van der Waals surface area contributed by atoms with Crippen molar-refractivity contribution < 1.29 is 0 Å². The molecule has 0 aliphatic carbocycles. The first-order valence-electron chi connectivity index (χ1n) is 5.51. The Morgan fingerprint density at radius 2 is 1.86 bits per heavy atom. The van der Waals surface area contributed by atoms with Crippen LogP contribution in [0.2, 0.25) is 0 Å². The normalized spacial score (nSPS) is 14.1. The summed E-state index contributed by atoms with van der Waals surface area (Å²) in [6, 6.07) is 8.91. The molecule has 1 rings (SSSR count). The SMILES string of the molecule is CCC(c1cccc(C)c1)C(C)(C)C. The van der Waals surface area contributed by atoms with Crippen molar-refractivity contribution in [3.05, 3.63) is 35.4 Å². The highest BCUT2D eigenvalue weighted by Crippen LogP contribution is 2.37. The maximum absolute atomic E-state index is 2.32. The Morgan fingerprint density at radius 3 is 2.29 bits per heavy atom. The zero-order valence-electron chi connectivity index (χ0n) is 10.1. The van der Waals surface area contributed by atoms with Gasteiger partial charge in [-0.15, -0.1) is 0 Å². The third kappa shape index (κ3) is 2.60. The second-order valence-corrected chi connectivity index (χ2v) is 5.24. The highest BCUT2D eigenvalue weighted by molar-refractivity contribution is 5.26. The van der Waals surface area contributed by atoms with Crippen LogP contribution in [0.15, 0.2) is 24.3 Å². The van der Waals surface area contributed by atoms with Crippen LogP contribution in [0.4, 0.5) is 0 Å². The molecule has 0 heteroatoms. The molecule has 0 bridgehead atoms. The lowest BCUT2D eigenvalue weighted by atomic mass is 9.75. The molecule has 1 aromatic carbocycles. The van der Waals surface area contributed by atoms with Crippen molar-refractivity contribution in [3.8, 4) is 0 Å². The smallest absolute Gasteiger partial charge is 0.0116 e. The summed E-state index contributed by atoms with van der Waals surface area (Å²) in [7, 11) is 0. The molecule has 0 fully saturated rings. The van der Waals surface area contributed by atoms with Crippen LogP contribution in [0.3, 0.4) is 0 Å². The van der Waals surface area contributed by atoms with Crippen molar-refractivity contribution in [2.24, 2.45) is 5.41 Å². The molecule has 78 valence electrons. The quantitative estimate of drug-likeness (QED) is 0.642. The van der Waals surface area contributed by atoms with Gasteiger partial charge in [0.1, 0.15) is 0 Å². The molecule has 0 aliphatic heterocycles. The topological polar surface area (TPSA) is 0 Å². The molecule has 1 aromatic rings. The lowest BCUT2D eigenvalue weighted by Crippen LogP contribution is -2.17. The van der Waals surface area contributed by atoms with Crippen LogP contribution < -0.4 is 0 Å². The van der Waals surface area contributed by atoms with E-state index in [9.17, 15) is 0 Å². The molecule has 14 heavy (non-hydrogen) atoms. The number of aryl methyl sites for hydroxylation is 1. The van der Waals surface area contributed by atoms with Gasteiger partial charge in [0.25, 0.3) is 0 Å². The van der Waals surface area contributed by atoms with Crippen LogP contribution in [0.5, 0.6) is 0 Å². The van der Waals surface area contributed by atoms with Crippen LogP contribution in [-0.4, -0.2) is 0 Å². The summed E-state index contributed by atoms with van der Waals surface area (Å²) >= 11 is 0. The van der Waals surface area contributed by atoms with E-state index in [-0.39, 0.29) is 0 Å². The van der Waals surface area contributed by atoms with Gasteiger partial charge in [0.2, 0.25) is 0 Å². The molecule has 0 nitrogen and oxygen atoms in total. The number of rotatable bonds is 2. The van der Waals surface area contributed by atoms with Crippen LogP contribution >= 0.6 is 0 Å². The zero-order chi connectivity index (χ0) is 10.8. The first kappa shape index (κ1) is 11.3. The monoisotopic (exact) mass is 190 g/mol. The van der Waals surface area contributed by atoms with E-state index in [2.05, 4.69) is 58.9 Å². The van der Waals surface area contributed by atoms with Crippen molar-refractivity contribution >= 4 is 0 Å². The summed E-state index contributed by atoms with van der Waals surface area (Å²) in [6.07, 6.45) is 1.22. The largest absolute Gasteiger partial charge is 0.0648 e. The van der Waals surface area contributed by atoms with E-state index in [0.29, 0.717) is 11.3 Å². The fraction of sp³-hybridized carbons (Fsp3) is 0.571. The maximum Gasteiger partial charge on any atom is -0.0116 e. The summed E-state index contributed by atoms with van der Waals surface area (Å²) < 4.78 is 0. The highest BCUT2D eigenvalue weighted by Gasteiger charge is 2.24. The molecule has 0 saturated carbocycles. The summed E-state index contributed by atoms with van der Waals surface area (Å²) in [5, 5.41) is 0. The van der Waals surface area contributed by atoms with Crippen molar-refractivity contribution in [3.63, 3.8) is 0 Å². The number of hydrogen-bond acceptors (Lipinski definition) is 0. The van der Waals surface area contributed by atoms with Crippen LogP contribution in [0.25, 0.3) is 0 Å². The first-order chi connectivity index (χ1) is 6.45. The molecule has 0 amide bonds. The van der Waals surface area contributed by atoms with Gasteiger partial charge in [0.05, 0.1) is 0 Å². The lowest BCUT2D eigenvalue weighted by molar-refractivity contribution is 0.312. The van der Waals surface area contributed by atoms with Gasteiger partial charge in [0, 0.05) is 0 Å². The van der Waals surface area contributed by atoms with Crippen LogP contribution in [-0.2, 0) is 0 Å². The highest BCUT2D eigenvalue weighted by atomic mass is 14.3. The molecule has 0 aromatic heterocycles. The second kappa shape index (κ2) is 4.16. The average molecular weight is 190 g/mol. The number of benzene rings is 1. The predicted octanol–water partition coefficient (Wildman–Crippen LogP) is 4.53. The molecular formula is C14H22. The Hall–Kier alpha value is -0.780. The van der Waals surface area contributed by atoms with E-state index >= 15 is 0 Å². The van der Waals surface area contributed by atoms with Gasteiger partial charge in [-0.05, 0) is 30.2 Å². The molecule has 0 radical (unpaired) electrons. The minimum Gasteiger partial charge on any atom is -0.0648 e. The van der Waals surface area contributed by atoms with E-state index in [1.807, 2.05) is 0 Å². The Morgan fingerprint density at radius 1 is 1.21 bits per heavy atom. The van der Waals surface area contributed by atoms with Crippen LogP contribution in [0.1, 0.15) is 51.2 Å². The standard InChI is InChI=1S/C14H22/c1-6-13(14(3,4)5)12-9-7-8-11(2)10-12/h7-10,13H,6H2,1-5H3. The Labute approximate surface area is 88.4 Å². The minimum atomic E-state index is 0.364. The molecule has 0 heterocycles. The second-order valence-electron chi connectivity index (χ2n) is 5.24. The van der Waals surface area contributed by atoms with E-state index in [1.165, 1.54) is 17.5 Å². The van der Waals surface area contributed by atoms with E-state index in [1.54, 1.807) is 0 Å². The summed E-state index contributed by atoms with van der Waals surface area (Å²) in [4.78, 5) is 0. The van der Waals surface area contributed by atoms with E-state index < -0.39 is 0 Å². The van der Waals surface area contributed by atoms with Gasteiger partial charge in [0.15, 0.2) is 0 Å². The summed E-state index contributed by atoms with van der Waals surface area (Å²) in [5.74, 6) is 0.669. The molecular weight excluding hydrogens is 168 g/mol. The summed E-state index contributed by atoms with van der Waals surface area (Å²) in [6.45, 7) is 11.4. The van der Waals surface area contributed by atoms with Gasteiger partial charge < -0.3 is 0 Å². The lowest BCUT2D eigenvalue weighted by Gasteiger charge is -2.30. The summed E-state index contributed by atoms with van der Waals surface area (Å²) in [5.41, 5.74) is 3.22. The zero-order valence-corrected chi connectivity index (χ0v) is 10.1. The first-order valence-corrected chi connectivity index (χ1v) is 5.51. The maximum atomic E-state index is 2.32. The fourth-order valence-electron chi connectivity index (χ4n) is 2.23. The molecule has 1 atom stereocenters. The van der Waals surface area contributed by atoms with Gasteiger partial charge in [-0.25, -0.2) is 0 Å². The van der Waals surface area contributed by atoms with Crippen molar-refractivity contribution in [1.29, 1.82) is 0 Å². The Bertz CT molecular complexity index is 291. The van der Waals surface area contributed by atoms with E-state index in [0.717, 1.165) is 0 Å². The number of hydrogen-bond donors (Lipinski definition) is 0. The van der Waals surface area contributed by atoms with Crippen LogP contribution in [0, 0.1) is 12.3 Å². The molecule has 0 spiro atoms. The van der Waals surface area contributed by atoms with Gasteiger partial charge >= 0.3 is 0 Å². The molecule has 0 aliphatic rings. The van der Waals surface area contributed by atoms with Crippen molar-refractivity contribution in [1.82, 2.24) is 0 Å². The predicted molar refractivity (Wildman–Crippen MR) is 63.7 cm³/mol. The van der Waals surface area contributed by atoms with Gasteiger partial charge in [-0.1, -0.05) is 57.5 Å². The Kier molecular flexibility index (Phi) is 3.36. The molecule has 1 unspecified atom stereocenters. The minimum absolute atomic E-state index is 0.364. The fourth-order valence-corrected chi connectivity index (χ4v) is 2.23. The third-order valence-corrected chi connectivity index (χ3v) is 2.90. The molecule has 0 saturated heterocycles.